The number of carbonyl (C=O) groups is 3. The van der Waals surface area contributed by atoms with Crippen molar-refractivity contribution in [1.82, 2.24) is 4.90 Å². The number of nitrogens with zero attached hydrogens (tertiary/aromatic N) is 2. The smallest absolute Gasteiger partial charge is 0.310 e. The molecule has 0 bridgehead atoms. The molecule has 1 saturated heterocycles. The Labute approximate surface area is 160 Å². The van der Waals surface area contributed by atoms with E-state index in [-0.39, 0.29) is 30.7 Å². The number of anilines is 1. The summed E-state index contributed by atoms with van der Waals surface area (Å²) < 4.78 is 10.4. The third-order valence-corrected chi connectivity index (χ3v) is 4.72. The summed E-state index contributed by atoms with van der Waals surface area (Å²) in [6.45, 7) is 7.04. The van der Waals surface area contributed by atoms with Crippen molar-refractivity contribution >= 4 is 23.5 Å². The number of para-hydroxylation sites is 2. The molecule has 0 aromatic heterocycles. The van der Waals surface area contributed by atoms with Gasteiger partial charge in [-0.05, 0) is 26.0 Å². The van der Waals surface area contributed by atoms with Crippen molar-refractivity contribution in [3.63, 3.8) is 0 Å². The molecule has 2 rings (SSSR count). The highest BCUT2D eigenvalue weighted by Crippen LogP contribution is 2.33. The second-order valence-electron chi connectivity index (χ2n) is 6.61. The van der Waals surface area contributed by atoms with Crippen molar-refractivity contribution in [2.75, 3.05) is 38.3 Å². The van der Waals surface area contributed by atoms with E-state index in [2.05, 4.69) is 0 Å². The first-order valence-electron chi connectivity index (χ1n) is 9.31. The lowest BCUT2D eigenvalue weighted by Crippen LogP contribution is -2.41. The minimum absolute atomic E-state index is 0.0995. The van der Waals surface area contributed by atoms with Crippen molar-refractivity contribution in [2.45, 2.75) is 27.2 Å². The molecule has 1 aliphatic rings. The number of ether oxygens (including phenoxy) is 2. The quantitative estimate of drug-likeness (QED) is 0.650. The Morgan fingerprint density at radius 3 is 2.63 bits per heavy atom. The Balaban J connectivity index is 2.11. The first kappa shape index (κ1) is 20.7. The van der Waals surface area contributed by atoms with Gasteiger partial charge in [0.1, 0.15) is 5.75 Å². The molecule has 2 amide bonds. The monoisotopic (exact) mass is 376 g/mol. The normalized spacial score (nSPS) is 17.6. The Morgan fingerprint density at radius 2 is 2.00 bits per heavy atom. The molecule has 0 radical (unpaired) electrons. The minimum atomic E-state index is -0.433. The molecule has 0 aliphatic carbocycles. The molecule has 1 aromatic rings. The van der Waals surface area contributed by atoms with Gasteiger partial charge in [-0.3, -0.25) is 14.4 Å². The van der Waals surface area contributed by atoms with Crippen LogP contribution in [0.15, 0.2) is 24.3 Å². The average Bonchev–Trinajstić information content (AvgIpc) is 3.06. The van der Waals surface area contributed by atoms with E-state index < -0.39 is 11.8 Å². The SMILES string of the molecule is CCOc1ccccc1N1CC(C(=O)N(CC)CC(C)C(=O)OC)CC1=O. The van der Waals surface area contributed by atoms with Crippen LogP contribution < -0.4 is 9.64 Å². The zero-order valence-electron chi connectivity index (χ0n) is 16.4. The summed E-state index contributed by atoms with van der Waals surface area (Å²) in [6.07, 6.45) is 0.155. The second kappa shape index (κ2) is 9.39. The summed E-state index contributed by atoms with van der Waals surface area (Å²) in [6, 6.07) is 7.34. The van der Waals surface area contributed by atoms with Crippen molar-refractivity contribution in [3.05, 3.63) is 24.3 Å². The lowest BCUT2D eigenvalue weighted by Gasteiger charge is -2.26. The van der Waals surface area contributed by atoms with E-state index in [0.29, 0.717) is 31.1 Å². The van der Waals surface area contributed by atoms with E-state index in [4.69, 9.17) is 9.47 Å². The van der Waals surface area contributed by atoms with Crippen molar-refractivity contribution in [3.8, 4) is 5.75 Å². The first-order valence-corrected chi connectivity index (χ1v) is 9.31. The van der Waals surface area contributed by atoms with E-state index in [1.54, 1.807) is 16.7 Å². The molecule has 1 aromatic carbocycles. The number of carbonyl (C=O) groups excluding carboxylic acids is 3. The third-order valence-electron chi connectivity index (χ3n) is 4.72. The van der Waals surface area contributed by atoms with Crippen LogP contribution in [0.5, 0.6) is 5.75 Å². The molecule has 0 N–H and O–H groups in total. The maximum Gasteiger partial charge on any atom is 0.310 e. The van der Waals surface area contributed by atoms with Gasteiger partial charge in [-0.15, -0.1) is 0 Å². The van der Waals surface area contributed by atoms with Gasteiger partial charge in [0.2, 0.25) is 11.8 Å². The Hall–Kier alpha value is -2.57. The zero-order chi connectivity index (χ0) is 20.0. The molecular weight excluding hydrogens is 348 g/mol. The fraction of sp³-hybridized carbons (Fsp3) is 0.550. The maximum absolute atomic E-state index is 12.9. The van der Waals surface area contributed by atoms with Crippen molar-refractivity contribution in [2.24, 2.45) is 11.8 Å². The first-order chi connectivity index (χ1) is 12.9. The number of esters is 1. The summed E-state index contributed by atoms with van der Waals surface area (Å²) in [5.74, 6) is -0.775. The molecule has 27 heavy (non-hydrogen) atoms. The fourth-order valence-corrected chi connectivity index (χ4v) is 3.30. The minimum Gasteiger partial charge on any atom is -0.492 e. The van der Waals surface area contributed by atoms with Gasteiger partial charge in [0, 0.05) is 26.1 Å². The van der Waals surface area contributed by atoms with Crippen LogP contribution in [0.2, 0.25) is 0 Å². The van der Waals surface area contributed by atoms with Crippen molar-refractivity contribution < 1.29 is 23.9 Å². The van der Waals surface area contributed by atoms with Crippen LogP contribution in [0.25, 0.3) is 0 Å². The molecule has 2 unspecified atom stereocenters. The fourth-order valence-electron chi connectivity index (χ4n) is 3.30. The summed E-state index contributed by atoms with van der Waals surface area (Å²) in [7, 11) is 1.33. The van der Waals surface area contributed by atoms with Crippen LogP contribution in [-0.2, 0) is 19.1 Å². The maximum atomic E-state index is 12.9. The highest BCUT2D eigenvalue weighted by Gasteiger charge is 2.38. The molecule has 148 valence electrons. The molecule has 7 nitrogen and oxygen atoms in total. The zero-order valence-corrected chi connectivity index (χ0v) is 16.4. The standard InChI is InChI=1S/C20H28N2O5/c1-5-21(12-14(3)20(25)26-4)19(24)15-11-18(23)22(13-15)16-9-7-8-10-17(16)27-6-2/h7-10,14-15H,5-6,11-13H2,1-4H3. The Morgan fingerprint density at radius 1 is 1.30 bits per heavy atom. The Kier molecular flexibility index (Phi) is 7.21. The van der Waals surface area contributed by atoms with Gasteiger partial charge in [-0.25, -0.2) is 0 Å². The highest BCUT2D eigenvalue weighted by molar-refractivity contribution is 6.01. The molecule has 0 saturated carbocycles. The predicted molar refractivity (Wildman–Crippen MR) is 102 cm³/mol. The molecule has 1 aliphatic heterocycles. The largest absolute Gasteiger partial charge is 0.492 e. The number of hydrogen-bond donors (Lipinski definition) is 0. The summed E-state index contributed by atoms with van der Waals surface area (Å²) >= 11 is 0. The number of amides is 2. The number of benzene rings is 1. The number of hydrogen-bond acceptors (Lipinski definition) is 5. The van der Waals surface area contributed by atoms with E-state index in [9.17, 15) is 14.4 Å². The van der Waals surface area contributed by atoms with Crippen LogP contribution in [0.4, 0.5) is 5.69 Å². The predicted octanol–water partition coefficient (Wildman–Crippen LogP) is 2.10. The van der Waals surface area contributed by atoms with Gasteiger partial charge in [0.05, 0.1) is 31.2 Å². The van der Waals surface area contributed by atoms with Crippen LogP contribution in [0.3, 0.4) is 0 Å². The molecule has 1 fully saturated rings. The van der Waals surface area contributed by atoms with E-state index >= 15 is 0 Å². The van der Waals surface area contributed by atoms with Gasteiger partial charge in [-0.1, -0.05) is 19.1 Å². The van der Waals surface area contributed by atoms with Gasteiger partial charge in [-0.2, -0.15) is 0 Å². The van der Waals surface area contributed by atoms with E-state index in [1.165, 1.54) is 7.11 Å². The topological polar surface area (TPSA) is 76.2 Å². The summed E-state index contributed by atoms with van der Waals surface area (Å²) in [5, 5.41) is 0. The lowest BCUT2D eigenvalue weighted by molar-refractivity contribution is -0.147. The van der Waals surface area contributed by atoms with E-state index in [1.807, 2.05) is 38.1 Å². The molecular formula is C20H28N2O5. The Bertz CT molecular complexity index is 691. The van der Waals surface area contributed by atoms with Crippen LogP contribution in [0, 0.1) is 11.8 Å². The summed E-state index contributed by atoms with van der Waals surface area (Å²) in [4.78, 5) is 40.4. The molecule has 1 heterocycles. The van der Waals surface area contributed by atoms with Gasteiger partial charge < -0.3 is 19.3 Å². The van der Waals surface area contributed by atoms with Crippen LogP contribution in [0.1, 0.15) is 27.2 Å². The van der Waals surface area contributed by atoms with Crippen molar-refractivity contribution in [1.29, 1.82) is 0 Å². The second-order valence-corrected chi connectivity index (χ2v) is 6.61. The highest BCUT2D eigenvalue weighted by atomic mass is 16.5. The molecule has 2 atom stereocenters. The van der Waals surface area contributed by atoms with Gasteiger partial charge in [0.25, 0.3) is 0 Å². The van der Waals surface area contributed by atoms with Gasteiger partial charge in [0.15, 0.2) is 0 Å². The van der Waals surface area contributed by atoms with Crippen LogP contribution in [-0.4, -0.2) is 56.0 Å². The average molecular weight is 376 g/mol. The van der Waals surface area contributed by atoms with Crippen LogP contribution >= 0.6 is 0 Å². The third kappa shape index (κ3) is 4.78. The molecule has 7 heteroatoms. The summed E-state index contributed by atoms with van der Waals surface area (Å²) in [5.41, 5.74) is 0.686. The van der Waals surface area contributed by atoms with Gasteiger partial charge >= 0.3 is 5.97 Å². The number of rotatable bonds is 8. The molecule has 0 spiro atoms. The number of methoxy groups -OCH3 is 1. The van der Waals surface area contributed by atoms with E-state index in [0.717, 1.165) is 0 Å². The lowest BCUT2D eigenvalue weighted by atomic mass is 10.1.